The molecule has 0 unspecified atom stereocenters. The van der Waals surface area contributed by atoms with E-state index in [4.69, 9.17) is 5.73 Å². The predicted molar refractivity (Wildman–Crippen MR) is 74.0 cm³/mol. The van der Waals surface area contributed by atoms with Crippen LogP contribution < -0.4 is 5.73 Å². The molecule has 1 aromatic rings. The van der Waals surface area contributed by atoms with Gasteiger partial charge in [-0.3, -0.25) is 14.4 Å². The highest BCUT2D eigenvalue weighted by molar-refractivity contribution is 5.95. The van der Waals surface area contributed by atoms with Crippen LogP contribution in [0.5, 0.6) is 0 Å². The molecule has 1 aliphatic rings. The first kappa shape index (κ1) is 14.0. The fourth-order valence-electron chi connectivity index (χ4n) is 2.37. The van der Waals surface area contributed by atoms with Crippen molar-refractivity contribution in [1.82, 2.24) is 19.6 Å². The molecule has 6 heteroatoms. The topological polar surface area (TPSA) is 67.4 Å². The normalized spacial score (nSPS) is 16.9. The van der Waals surface area contributed by atoms with Gasteiger partial charge in [-0.25, -0.2) is 0 Å². The van der Waals surface area contributed by atoms with E-state index in [1.54, 1.807) is 10.9 Å². The van der Waals surface area contributed by atoms with Gasteiger partial charge in [-0.05, 0) is 26.4 Å². The first-order chi connectivity index (χ1) is 9.13. The average Bonchev–Trinajstić information content (AvgIpc) is 2.76. The number of nitrogens with zero attached hydrogens (tertiary/aromatic N) is 4. The van der Waals surface area contributed by atoms with E-state index in [-0.39, 0.29) is 5.91 Å². The lowest BCUT2D eigenvalue weighted by Crippen LogP contribution is -2.49. The number of aromatic nitrogens is 2. The third-order valence-electron chi connectivity index (χ3n) is 3.80. The molecule has 6 nitrogen and oxygen atoms in total. The summed E-state index contributed by atoms with van der Waals surface area (Å²) in [7, 11) is 1.86. The first-order valence-electron chi connectivity index (χ1n) is 6.83. The Morgan fingerprint density at radius 2 is 2.05 bits per heavy atom. The van der Waals surface area contributed by atoms with Crippen LogP contribution in [-0.4, -0.2) is 64.8 Å². The maximum atomic E-state index is 12.4. The molecule has 1 aromatic heterocycles. The molecule has 0 aliphatic carbocycles. The molecule has 0 bridgehead atoms. The predicted octanol–water partition coefficient (Wildman–Crippen LogP) is -0.165. The second kappa shape index (κ2) is 6.16. The van der Waals surface area contributed by atoms with Gasteiger partial charge in [-0.15, -0.1) is 0 Å². The number of nitrogens with two attached hydrogens (primary N) is 1. The van der Waals surface area contributed by atoms with Crippen LogP contribution >= 0.6 is 0 Å². The van der Waals surface area contributed by atoms with Gasteiger partial charge < -0.3 is 10.6 Å². The SMILES string of the molecule is Cc1c(C(=O)N2CCN(CCCN)CC2)cnn1C. The Hall–Kier alpha value is -1.40. The van der Waals surface area contributed by atoms with E-state index in [0.29, 0.717) is 0 Å². The van der Waals surface area contributed by atoms with Gasteiger partial charge in [-0.1, -0.05) is 0 Å². The minimum atomic E-state index is 0.101. The average molecular weight is 265 g/mol. The van der Waals surface area contributed by atoms with Gasteiger partial charge in [0, 0.05) is 38.9 Å². The van der Waals surface area contributed by atoms with Crippen molar-refractivity contribution in [1.29, 1.82) is 0 Å². The van der Waals surface area contributed by atoms with Crippen LogP contribution in [0.4, 0.5) is 0 Å². The molecule has 1 amide bonds. The molecule has 106 valence electrons. The lowest BCUT2D eigenvalue weighted by Gasteiger charge is -2.34. The highest BCUT2D eigenvalue weighted by atomic mass is 16.2. The van der Waals surface area contributed by atoms with E-state index in [0.717, 1.165) is 56.9 Å². The van der Waals surface area contributed by atoms with E-state index < -0.39 is 0 Å². The third-order valence-corrected chi connectivity index (χ3v) is 3.80. The number of piperazine rings is 1. The fourth-order valence-corrected chi connectivity index (χ4v) is 2.37. The van der Waals surface area contributed by atoms with E-state index in [1.807, 2.05) is 18.9 Å². The molecule has 1 aliphatic heterocycles. The molecule has 2 N–H and O–H groups in total. The molecule has 1 saturated heterocycles. The number of hydrogen-bond acceptors (Lipinski definition) is 4. The summed E-state index contributed by atoms with van der Waals surface area (Å²) >= 11 is 0. The zero-order chi connectivity index (χ0) is 13.8. The maximum absolute atomic E-state index is 12.4. The minimum absolute atomic E-state index is 0.101. The molecule has 0 saturated carbocycles. The smallest absolute Gasteiger partial charge is 0.257 e. The largest absolute Gasteiger partial charge is 0.336 e. The van der Waals surface area contributed by atoms with Crippen LogP contribution in [0.1, 0.15) is 22.5 Å². The number of hydrogen-bond donors (Lipinski definition) is 1. The van der Waals surface area contributed by atoms with Crippen LogP contribution in [0.15, 0.2) is 6.20 Å². The minimum Gasteiger partial charge on any atom is -0.336 e. The Kier molecular flexibility index (Phi) is 4.55. The molecular formula is C13H23N5O. The zero-order valence-corrected chi connectivity index (χ0v) is 11.8. The Morgan fingerprint density at radius 3 is 2.58 bits per heavy atom. The standard InChI is InChI=1S/C13H23N5O/c1-11-12(10-15-16(11)2)13(19)18-8-6-17(7-9-18)5-3-4-14/h10H,3-9,14H2,1-2H3. The van der Waals surface area contributed by atoms with Gasteiger partial charge in [0.05, 0.1) is 11.8 Å². The summed E-state index contributed by atoms with van der Waals surface area (Å²) in [6, 6.07) is 0. The van der Waals surface area contributed by atoms with Gasteiger partial charge in [0.15, 0.2) is 0 Å². The molecule has 2 rings (SSSR count). The highest BCUT2D eigenvalue weighted by Crippen LogP contribution is 2.12. The summed E-state index contributed by atoms with van der Waals surface area (Å²) in [4.78, 5) is 16.7. The van der Waals surface area contributed by atoms with E-state index in [2.05, 4.69) is 10.00 Å². The van der Waals surface area contributed by atoms with Crippen molar-refractivity contribution < 1.29 is 4.79 Å². The summed E-state index contributed by atoms with van der Waals surface area (Å²) in [6.45, 7) is 7.14. The Morgan fingerprint density at radius 1 is 1.37 bits per heavy atom. The highest BCUT2D eigenvalue weighted by Gasteiger charge is 2.24. The van der Waals surface area contributed by atoms with Gasteiger partial charge >= 0.3 is 0 Å². The summed E-state index contributed by atoms with van der Waals surface area (Å²) in [6.07, 6.45) is 2.69. The Labute approximate surface area is 114 Å². The number of rotatable bonds is 4. The van der Waals surface area contributed by atoms with Crippen molar-refractivity contribution >= 4 is 5.91 Å². The quantitative estimate of drug-likeness (QED) is 0.821. The Bertz CT molecular complexity index is 434. The third kappa shape index (κ3) is 3.13. The fraction of sp³-hybridized carbons (Fsp3) is 0.692. The molecule has 0 aromatic carbocycles. The molecule has 0 radical (unpaired) electrons. The summed E-state index contributed by atoms with van der Waals surface area (Å²) in [5.74, 6) is 0.101. The molecule has 0 atom stereocenters. The lowest BCUT2D eigenvalue weighted by atomic mass is 10.2. The first-order valence-corrected chi connectivity index (χ1v) is 6.83. The second-order valence-electron chi connectivity index (χ2n) is 5.04. The van der Waals surface area contributed by atoms with Gasteiger partial charge in [-0.2, -0.15) is 5.10 Å². The van der Waals surface area contributed by atoms with Crippen LogP contribution in [0.2, 0.25) is 0 Å². The van der Waals surface area contributed by atoms with Crippen molar-refractivity contribution in [3.05, 3.63) is 17.5 Å². The molecule has 0 spiro atoms. The summed E-state index contributed by atoms with van der Waals surface area (Å²) < 4.78 is 1.74. The van der Waals surface area contributed by atoms with Crippen LogP contribution in [-0.2, 0) is 7.05 Å². The van der Waals surface area contributed by atoms with Crippen molar-refractivity contribution in [2.45, 2.75) is 13.3 Å². The van der Waals surface area contributed by atoms with Crippen molar-refractivity contribution in [3.8, 4) is 0 Å². The number of carbonyl (C=O) groups excluding carboxylic acids is 1. The van der Waals surface area contributed by atoms with Gasteiger partial charge in [0.25, 0.3) is 5.91 Å². The van der Waals surface area contributed by atoms with Crippen LogP contribution in [0, 0.1) is 6.92 Å². The van der Waals surface area contributed by atoms with Gasteiger partial charge in [0.1, 0.15) is 0 Å². The van der Waals surface area contributed by atoms with Crippen molar-refractivity contribution in [2.75, 3.05) is 39.3 Å². The van der Waals surface area contributed by atoms with Crippen LogP contribution in [0.25, 0.3) is 0 Å². The zero-order valence-electron chi connectivity index (χ0n) is 11.8. The van der Waals surface area contributed by atoms with Crippen LogP contribution in [0.3, 0.4) is 0 Å². The van der Waals surface area contributed by atoms with Crippen molar-refractivity contribution in [3.63, 3.8) is 0 Å². The summed E-state index contributed by atoms with van der Waals surface area (Å²) in [5.41, 5.74) is 7.16. The van der Waals surface area contributed by atoms with E-state index in [1.165, 1.54) is 0 Å². The van der Waals surface area contributed by atoms with Gasteiger partial charge in [0.2, 0.25) is 0 Å². The number of amides is 1. The maximum Gasteiger partial charge on any atom is 0.257 e. The number of carbonyl (C=O) groups is 1. The van der Waals surface area contributed by atoms with E-state index >= 15 is 0 Å². The van der Waals surface area contributed by atoms with Crippen molar-refractivity contribution in [2.24, 2.45) is 12.8 Å². The molecule has 19 heavy (non-hydrogen) atoms. The van der Waals surface area contributed by atoms with E-state index in [9.17, 15) is 4.79 Å². The Balaban J connectivity index is 1.91. The lowest BCUT2D eigenvalue weighted by molar-refractivity contribution is 0.0636. The molecular weight excluding hydrogens is 242 g/mol. The number of aryl methyl sites for hydroxylation is 1. The second-order valence-corrected chi connectivity index (χ2v) is 5.04. The molecule has 2 heterocycles. The summed E-state index contributed by atoms with van der Waals surface area (Å²) in [5, 5.41) is 4.13. The molecule has 1 fully saturated rings. The monoisotopic (exact) mass is 265 g/mol.